The fraction of sp³-hybridized carbons (Fsp3) is 0.500. The Morgan fingerprint density at radius 3 is 2.62 bits per heavy atom. The first-order valence-electron chi connectivity index (χ1n) is 2.37. The second-order valence-corrected chi connectivity index (χ2v) is 1.13. The molecular formula is C6H10NY-. The largest absolute Gasteiger partial charge is 0.324 e. The minimum Gasteiger partial charge on any atom is -0.324 e. The molecule has 0 aromatic carbocycles. The van der Waals surface area contributed by atoms with Gasteiger partial charge in [-0.15, -0.1) is 0 Å². The van der Waals surface area contributed by atoms with E-state index in [1.807, 2.05) is 6.92 Å². The smallest absolute Gasteiger partial charge is 0 e. The van der Waals surface area contributed by atoms with Crippen molar-refractivity contribution in [1.29, 1.82) is 0 Å². The van der Waals surface area contributed by atoms with E-state index in [1.165, 1.54) is 0 Å². The Hall–Kier alpha value is 0.494. The van der Waals surface area contributed by atoms with Gasteiger partial charge in [-0.25, -0.2) is 0 Å². The average molecular weight is 185 g/mol. The zero-order chi connectivity index (χ0) is 5.54. The van der Waals surface area contributed by atoms with Crippen LogP contribution in [0.4, 0.5) is 0 Å². The Bertz CT molecular complexity index is 80.3. The van der Waals surface area contributed by atoms with Gasteiger partial charge in [0, 0.05) is 32.7 Å². The van der Waals surface area contributed by atoms with Crippen molar-refractivity contribution in [3.8, 4) is 11.8 Å². The van der Waals surface area contributed by atoms with Gasteiger partial charge in [0.25, 0.3) is 0 Å². The van der Waals surface area contributed by atoms with Gasteiger partial charge in [-0.2, -0.15) is 6.92 Å². The van der Waals surface area contributed by atoms with Crippen molar-refractivity contribution >= 4 is 0 Å². The topological polar surface area (TPSA) is 12.0 Å². The summed E-state index contributed by atoms with van der Waals surface area (Å²) in [6, 6.07) is 0. The Morgan fingerprint density at radius 2 is 2.25 bits per heavy atom. The van der Waals surface area contributed by atoms with Crippen LogP contribution in [-0.4, -0.2) is 13.1 Å². The van der Waals surface area contributed by atoms with Crippen LogP contribution in [0, 0.1) is 18.8 Å². The number of hydrogen-bond acceptors (Lipinski definition) is 1. The van der Waals surface area contributed by atoms with Crippen molar-refractivity contribution in [3.63, 3.8) is 0 Å². The van der Waals surface area contributed by atoms with Crippen LogP contribution in [0.15, 0.2) is 0 Å². The van der Waals surface area contributed by atoms with Gasteiger partial charge in [-0.3, -0.25) is 5.92 Å². The third-order valence-electron chi connectivity index (χ3n) is 0.588. The summed E-state index contributed by atoms with van der Waals surface area (Å²) >= 11 is 0. The molecule has 1 nitrogen and oxygen atoms in total. The standard InChI is InChI=1S/C6H10N.Y/c1-3-5-6-7-4-2;/h7H,1,4,6H2,2H3;/q-1;. The third-order valence-corrected chi connectivity index (χ3v) is 0.588. The maximum absolute atomic E-state index is 3.36. The van der Waals surface area contributed by atoms with E-state index in [0.29, 0.717) is 0 Å². The predicted octanol–water partition coefficient (Wildman–Crippen LogP) is 0.431. The molecule has 0 aliphatic carbocycles. The quantitative estimate of drug-likeness (QED) is 0.373. The number of hydrogen-bond donors (Lipinski definition) is 1. The molecule has 0 spiro atoms. The van der Waals surface area contributed by atoms with Crippen LogP contribution in [0.1, 0.15) is 6.92 Å². The summed E-state index contributed by atoms with van der Waals surface area (Å²) in [6.45, 7) is 7.15. The van der Waals surface area contributed by atoms with Crippen molar-refractivity contribution in [2.45, 2.75) is 6.92 Å². The van der Waals surface area contributed by atoms with Crippen LogP contribution in [0.2, 0.25) is 0 Å². The zero-order valence-corrected chi connectivity index (χ0v) is 8.04. The number of nitrogens with one attached hydrogen (secondary N) is 1. The maximum atomic E-state index is 3.36. The first-order valence-corrected chi connectivity index (χ1v) is 2.37. The van der Waals surface area contributed by atoms with Crippen molar-refractivity contribution in [1.82, 2.24) is 5.32 Å². The molecule has 0 aromatic heterocycles. The molecule has 0 heterocycles. The van der Waals surface area contributed by atoms with Crippen LogP contribution in [0.5, 0.6) is 0 Å². The van der Waals surface area contributed by atoms with Crippen molar-refractivity contribution in [3.05, 3.63) is 6.92 Å². The number of rotatable bonds is 2. The summed E-state index contributed by atoms with van der Waals surface area (Å²) in [5.41, 5.74) is 0. The van der Waals surface area contributed by atoms with Crippen molar-refractivity contribution in [2.24, 2.45) is 0 Å². The van der Waals surface area contributed by atoms with Gasteiger partial charge in [-0.1, -0.05) is 6.92 Å². The van der Waals surface area contributed by atoms with E-state index >= 15 is 0 Å². The van der Waals surface area contributed by atoms with Gasteiger partial charge < -0.3 is 11.2 Å². The maximum Gasteiger partial charge on any atom is 0 e. The summed E-state index contributed by atoms with van der Waals surface area (Å²) in [7, 11) is 0. The molecule has 1 radical (unpaired) electrons. The molecular weight excluding hydrogens is 175 g/mol. The zero-order valence-electron chi connectivity index (χ0n) is 5.20. The molecule has 43 valence electrons. The molecule has 0 aliphatic rings. The average Bonchev–Trinajstić information content (AvgIpc) is 1.69. The van der Waals surface area contributed by atoms with Gasteiger partial charge >= 0.3 is 0 Å². The molecule has 0 saturated heterocycles. The summed E-state index contributed by atoms with van der Waals surface area (Å²) in [4.78, 5) is 0. The molecule has 0 aliphatic heterocycles. The van der Waals surface area contributed by atoms with Crippen LogP contribution in [-0.2, 0) is 32.7 Å². The molecule has 0 saturated carbocycles. The molecule has 0 atom stereocenters. The Kier molecular flexibility index (Phi) is 14.8. The van der Waals surface area contributed by atoms with E-state index in [1.54, 1.807) is 0 Å². The van der Waals surface area contributed by atoms with E-state index < -0.39 is 0 Å². The minimum atomic E-state index is 0. The van der Waals surface area contributed by atoms with E-state index in [0.717, 1.165) is 13.1 Å². The molecule has 0 fully saturated rings. The molecule has 0 bridgehead atoms. The molecule has 0 unspecified atom stereocenters. The van der Waals surface area contributed by atoms with Crippen LogP contribution in [0.25, 0.3) is 0 Å². The minimum absolute atomic E-state index is 0. The molecule has 1 N–H and O–H groups in total. The van der Waals surface area contributed by atoms with Gasteiger partial charge in [-0.05, 0) is 13.1 Å². The van der Waals surface area contributed by atoms with Crippen LogP contribution in [0.3, 0.4) is 0 Å². The SMILES string of the molecule is [CH2-]C#CCNCC.[Y]. The first kappa shape index (κ1) is 11.3. The van der Waals surface area contributed by atoms with Gasteiger partial charge in [0.2, 0.25) is 0 Å². The van der Waals surface area contributed by atoms with E-state index in [9.17, 15) is 0 Å². The first-order chi connectivity index (χ1) is 3.41. The van der Waals surface area contributed by atoms with E-state index in [4.69, 9.17) is 0 Å². The molecule has 0 aromatic rings. The predicted molar refractivity (Wildman–Crippen MR) is 31.7 cm³/mol. The van der Waals surface area contributed by atoms with Gasteiger partial charge in [0.15, 0.2) is 0 Å². The molecule has 0 amide bonds. The van der Waals surface area contributed by atoms with Crippen LogP contribution < -0.4 is 5.32 Å². The third kappa shape index (κ3) is 9.71. The second kappa shape index (κ2) is 10.5. The Labute approximate surface area is 76.5 Å². The molecule has 0 rings (SSSR count). The monoisotopic (exact) mass is 185 g/mol. The molecule has 8 heavy (non-hydrogen) atoms. The second-order valence-electron chi connectivity index (χ2n) is 1.13. The van der Waals surface area contributed by atoms with Crippen LogP contribution >= 0.6 is 0 Å². The van der Waals surface area contributed by atoms with Crippen molar-refractivity contribution < 1.29 is 32.7 Å². The van der Waals surface area contributed by atoms with Gasteiger partial charge in [0.1, 0.15) is 0 Å². The fourth-order valence-corrected chi connectivity index (χ4v) is 0.250. The van der Waals surface area contributed by atoms with E-state index in [2.05, 4.69) is 24.1 Å². The summed E-state index contributed by atoms with van der Waals surface area (Å²) in [5, 5.41) is 3.04. The summed E-state index contributed by atoms with van der Waals surface area (Å²) in [5.74, 6) is 5.32. The van der Waals surface area contributed by atoms with Gasteiger partial charge in [0.05, 0.1) is 0 Å². The van der Waals surface area contributed by atoms with Crippen molar-refractivity contribution in [2.75, 3.05) is 13.1 Å². The summed E-state index contributed by atoms with van der Waals surface area (Å²) in [6.07, 6.45) is 0. The summed E-state index contributed by atoms with van der Waals surface area (Å²) < 4.78 is 0. The fourth-order valence-electron chi connectivity index (χ4n) is 0.250. The Balaban J connectivity index is 0. The Morgan fingerprint density at radius 1 is 1.62 bits per heavy atom. The normalized spacial score (nSPS) is 6.12. The van der Waals surface area contributed by atoms with E-state index in [-0.39, 0.29) is 32.7 Å². The molecule has 2 heteroatoms.